The molecule has 1 rings (SSSR count). The molecule has 0 aliphatic rings. The molecule has 3 heteroatoms. The molecule has 0 spiro atoms. The molecule has 3 nitrogen and oxygen atoms in total. The summed E-state index contributed by atoms with van der Waals surface area (Å²) in [7, 11) is 0. The van der Waals surface area contributed by atoms with Crippen LogP contribution in [-0.2, 0) is 4.74 Å². The zero-order valence-electron chi connectivity index (χ0n) is 8.18. The fourth-order valence-electron chi connectivity index (χ4n) is 0.662. The van der Waals surface area contributed by atoms with Crippen molar-refractivity contribution in [1.82, 2.24) is 0 Å². The molecular weight excluding hydrogens is 192 g/mol. The van der Waals surface area contributed by atoms with Gasteiger partial charge in [0.2, 0.25) is 0 Å². The summed E-state index contributed by atoms with van der Waals surface area (Å²) in [6.07, 6.45) is 9.65. The van der Waals surface area contributed by atoms with Crippen LogP contribution in [0.4, 0.5) is 0 Å². The van der Waals surface area contributed by atoms with Crippen molar-refractivity contribution < 1.29 is 14.9 Å². The molecule has 1 aromatic rings. The maximum atomic E-state index is 8.65. The van der Waals surface area contributed by atoms with Gasteiger partial charge in [0.05, 0.1) is 0 Å². The molecule has 0 saturated carbocycles. The molecule has 0 aromatic heterocycles. The molecule has 1 aromatic carbocycles. The van der Waals surface area contributed by atoms with Gasteiger partial charge >= 0.3 is 0 Å². The summed E-state index contributed by atoms with van der Waals surface area (Å²) in [4.78, 5) is 0. The number of hydrogen-bond donors (Lipinski definition) is 2. The lowest BCUT2D eigenvalue weighted by Crippen LogP contribution is -1.89. The molecule has 0 heterocycles. The minimum atomic E-state index is 0.0880. The van der Waals surface area contributed by atoms with E-state index >= 15 is 0 Å². The Morgan fingerprint density at radius 3 is 1.80 bits per heavy atom. The standard InChI is InChI=1S/C6H6O2.C6H6O/c7-5-2-1-3-6(8)4-5;1-3-5-7-6-4-2/h1-4,7-8H;1-2H,5-6H2. The van der Waals surface area contributed by atoms with Crippen LogP contribution in [0.1, 0.15) is 0 Å². The Hall–Kier alpha value is -2.10. The van der Waals surface area contributed by atoms with E-state index in [1.54, 1.807) is 6.07 Å². The quantitative estimate of drug-likeness (QED) is 0.565. The molecule has 0 atom stereocenters. The third kappa shape index (κ3) is 8.24. The van der Waals surface area contributed by atoms with Gasteiger partial charge in [0, 0.05) is 6.07 Å². The van der Waals surface area contributed by atoms with Gasteiger partial charge < -0.3 is 14.9 Å². The largest absolute Gasteiger partial charge is 0.508 e. The monoisotopic (exact) mass is 204 g/mol. The Morgan fingerprint density at radius 1 is 1.07 bits per heavy atom. The Bertz CT molecular complexity index is 327. The first-order valence-corrected chi connectivity index (χ1v) is 4.13. The zero-order valence-corrected chi connectivity index (χ0v) is 8.18. The summed E-state index contributed by atoms with van der Waals surface area (Å²) in [5.41, 5.74) is 0. The Kier molecular flexibility index (Phi) is 7.31. The third-order valence-electron chi connectivity index (χ3n) is 1.20. The maximum Gasteiger partial charge on any atom is 0.119 e. The highest BCUT2D eigenvalue weighted by molar-refractivity contribution is 5.30. The zero-order chi connectivity index (χ0) is 11.5. The first kappa shape index (κ1) is 12.9. The van der Waals surface area contributed by atoms with Crippen molar-refractivity contribution >= 4 is 0 Å². The van der Waals surface area contributed by atoms with Crippen molar-refractivity contribution in [3.8, 4) is 36.2 Å². The van der Waals surface area contributed by atoms with E-state index in [-0.39, 0.29) is 11.5 Å². The van der Waals surface area contributed by atoms with Crippen LogP contribution in [0.15, 0.2) is 24.3 Å². The molecule has 0 fully saturated rings. The fourth-order valence-corrected chi connectivity index (χ4v) is 0.662. The number of hydrogen-bond acceptors (Lipinski definition) is 3. The van der Waals surface area contributed by atoms with Crippen molar-refractivity contribution in [2.24, 2.45) is 0 Å². The molecule has 0 bridgehead atoms. The van der Waals surface area contributed by atoms with E-state index in [0.717, 1.165) is 0 Å². The molecule has 0 unspecified atom stereocenters. The van der Waals surface area contributed by atoms with E-state index in [2.05, 4.69) is 16.6 Å². The average molecular weight is 204 g/mol. The van der Waals surface area contributed by atoms with Crippen molar-refractivity contribution in [3.63, 3.8) is 0 Å². The molecule has 0 aliphatic carbocycles. The van der Waals surface area contributed by atoms with Gasteiger partial charge in [0.15, 0.2) is 0 Å². The second-order valence-electron chi connectivity index (χ2n) is 2.42. The second-order valence-corrected chi connectivity index (χ2v) is 2.42. The topological polar surface area (TPSA) is 49.7 Å². The Morgan fingerprint density at radius 2 is 1.53 bits per heavy atom. The van der Waals surface area contributed by atoms with E-state index in [9.17, 15) is 0 Å². The molecule has 0 saturated heterocycles. The normalized spacial score (nSPS) is 7.87. The van der Waals surface area contributed by atoms with Crippen LogP contribution in [0.5, 0.6) is 11.5 Å². The lowest BCUT2D eigenvalue weighted by molar-refractivity contribution is 0.205. The van der Waals surface area contributed by atoms with Crippen LogP contribution in [0.2, 0.25) is 0 Å². The van der Waals surface area contributed by atoms with Gasteiger partial charge in [0.1, 0.15) is 24.7 Å². The summed E-state index contributed by atoms with van der Waals surface area (Å²) < 4.78 is 4.66. The first-order valence-electron chi connectivity index (χ1n) is 4.13. The van der Waals surface area contributed by atoms with Crippen LogP contribution in [0.3, 0.4) is 0 Å². The Balaban J connectivity index is 0.000000265. The molecule has 0 amide bonds. The van der Waals surface area contributed by atoms with Gasteiger partial charge in [-0.2, -0.15) is 0 Å². The van der Waals surface area contributed by atoms with Crippen LogP contribution in [0, 0.1) is 24.7 Å². The highest BCUT2D eigenvalue weighted by atomic mass is 16.5. The van der Waals surface area contributed by atoms with Crippen molar-refractivity contribution in [2.75, 3.05) is 13.2 Å². The highest BCUT2D eigenvalue weighted by Crippen LogP contribution is 2.14. The van der Waals surface area contributed by atoms with E-state index in [4.69, 9.17) is 23.1 Å². The van der Waals surface area contributed by atoms with Crippen molar-refractivity contribution in [2.45, 2.75) is 0 Å². The SMILES string of the molecule is C#CCOCC#C.Oc1cccc(O)c1. The van der Waals surface area contributed by atoms with E-state index < -0.39 is 0 Å². The number of aromatic hydroxyl groups is 2. The lowest BCUT2D eigenvalue weighted by atomic mass is 10.3. The molecule has 78 valence electrons. The van der Waals surface area contributed by atoms with Gasteiger partial charge in [-0.25, -0.2) is 0 Å². The average Bonchev–Trinajstić information content (AvgIpc) is 2.19. The van der Waals surface area contributed by atoms with E-state index in [1.165, 1.54) is 18.2 Å². The number of phenols is 2. The lowest BCUT2D eigenvalue weighted by Gasteiger charge is -1.89. The summed E-state index contributed by atoms with van der Waals surface area (Å²) in [5.74, 6) is 4.75. The fraction of sp³-hybridized carbons (Fsp3) is 0.167. The molecule has 0 radical (unpaired) electrons. The minimum absolute atomic E-state index is 0.0880. The van der Waals surface area contributed by atoms with Crippen LogP contribution in [0.25, 0.3) is 0 Å². The summed E-state index contributed by atoms with van der Waals surface area (Å²) in [6.45, 7) is 0.619. The smallest absolute Gasteiger partial charge is 0.119 e. The molecule has 0 aliphatic heterocycles. The van der Waals surface area contributed by atoms with Gasteiger partial charge in [-0.05, 0) is 12.1 Å². The maximum absolute atomic E-state index is 8.65. The number of rotatable bonds is 2. The van der Waals surface area contributed by atoms with Gasteiger partial charge in [-0.3, -0.25) is 0 Å². The highest BCUT2D eigenvalue weighted by Gasteiger charge is 1.85. The van der Waals surface area contributed by atoms with Crippen LogP contribution >= 0.6 is 0 Å². The number of phenolic OH excluding ortho intramolecular Hbond substituents is 2. The van der Waals surface area contributed by atoms with Crippen molar-refractivity contribution in [3.05, 3.63) is 24.3 Å². The van der Waals surface area contributed by atoms with E-state index in [0.29, 0.717) is 13.2 Å². The minimum Gasteiger partial charge on any atom is -0.508 e. The van der Waals surface area contributed by atoms with Gasteiger partial charge in [-0.1, -0.05) is 17.9 Å². The predicted molar refractivity (Wildman–Crippen MR) is 58.3 cm³/mol. The van der Waals surface area contributed by atoms with Crippen molar-refractivity contribution in [1.29, 1.82) is 0 Å². The molecule has 2 N–H and O–H groups in total. The number of terminal acetylenes is 2. The molecule has 15 heavy (non-hydrogen) atoms. The van der Waals surface area contributed by atoms with Crippen LogP contribution in [-0.4, -0.2) is 23.4 Å². The van der Waals surface area contributed by atoms with E-state index in [1.807, 2.05) is 0 Å². The predicted octanol–water partition coefficient (Wildman–Crippen LogP) is 1.37. The summed E-state index contributed by atoms with van der Waals surface area (Å²) in [5, 5.41) is 17.3. The van der Waals surface area contributed by atoms with Gasteiger partial charge in [-0.15, -0.1) is 12.8 Å². The van der Waals surface area contributed by atoms with Gasteiger partial charge in [0.25, 0.3) is 0 Å². The summed E-state index contributed by atoms with van der Waals surface area (Å²) >= 11 is 0. The number of ether oxygens (including phenoxy) is 1. The molecular formula is C12H12O3. The second kappa shape index (κ2) is 8.50. The summed E-state index contributed by atoms with van der Waals surface area (Å²) in [6, 6.07) is 5.85. The third-order valence-corrected chi connectivity index (χ3v) is 1.20. The first-order chi connectivity index (χ1) is 7.20. The van der Waals surface area contributed by atoms with Crippen LogP contribution < -0.4 is 0 Å². The number of benzene rings is 1. The Labute approximate surface area is 89.3 Å².